The van der Waals surface area contributed by atoms with Crippen LogP contribution in [0.1, 0.15) is 59.3 Å². The first-order valence-electron chi connectivity index (χ1n) is 9.54. The molecule has 2 aromatic rings. The smallest absolute Gasteiger partial charge is 0.283 e. The van der Waals surface area contributed by atoms with Gasteiger partial charge in [0.05, 0.1) is 5.41 Å². The van der Waals surface area contributed by atoms with E-state index in [2.05, 4.69) is 5.10 Å². The summed E-state index contributed by atoms with van der Waals surface area (Å²) in [4.78, 5) is 14.2. The number of carbonyl (C=O) groups excluding carboxylic acids is 1. The Morgan fingerprint density at radius 2 is 1.90 bits per heavy atom. The summed E-state index contributed by atoms with van der Waals surface area (Å²) in [5, 5.41) is 3.39. The molecule has 4 rings (SSSR count). The van der Waals surface area contributed by atoms with Crippen molar-refractivity contribution in [1.82, 2.24) is 14.7 Å². The molecule has 1 amide bonds. The highest BCUT2D eigenvalue weighted by Crippen LogP contribution is 2.54. The van der Waals surface area contributed by atoms with E-state index >= 15 is 0 Å². The minimum Gasteiger partial charge on any atom is -0.331 e. The summed E-state index contributed by atoms with van der Waals surface area (Å²) >= 11 is 0. The van der Waals surface area contributed by atoms with Gasteiger partial charge in [-0.25, -0.2) is 26.6 Å². The van der Waals surface area contributed by atoms with E-state index in [1.165, 1.54) is 6.07 Å². The Morgan fingerprint density at radius 1 is 1.23 bits per heavy atom. The van der Waals surface area contributed by atoms with Crippen LogP contribution in [-0.4, -0.2) is 33.1 Å². The van der Waals surface area contributed by atoms with E-state index < -0.39 is 47.2 Å². The molecule has 0 spiro atoms. The lowest BCUT2D eigenvalue weighted by Crippen LogP contribution is -2.35. The maximum Gasteiger partial charge on any atom is 0.283 e. The van der Waals surface area contributed by atoms with E-state index in [1.807, 2.05) is 0 Å². The molecule has 1 aromatic carbocycles. The Hall–Kier alpha value is -2.52. The minimum absolute atomic E-state index is 0.177. The Bertz CT molecular complexity index is 981. The van der Waals surface area contributed by atoms with Crippen LogP contribution in [0, 0.1) is 11.8 Å². The largest absolute Gasteiger partial charge is 0.331 e. The molecule has 0 bridgehead atoms. The number of benzene rings is 1. The lowest BCUT2D eigenvalue weighted by Gasteiger charge is -2.26. The zero-order valence-corrected chi connectivity index (χ0v) is 16.0. The van der Waals surface area contributed by atoms with E-state index in [-0.39, 0.29) is 36.6 Å². The number of carbonyl (C=O) groups is 1. The molecule has 2 aliphatic carbocycles. The van der Waals surface area contributed by atoms with Crippen LogP contribution in [0.5, 0.6) is 0 Å². The number of hydrogen-bond acceptors (Lipinski definition) is 2. The van der Waals surface area contributed by atoms with Crippen LogP contribution in [0.3, 0.4) is 0 Å². The summed E-state index contributed by atoms with van der Waals surface area (Å²) in [6, 6.07) is 3.09. The average molecular weight is 431 g/mol. The lowest BCUT2D eigenvalue weighted by molar-refractivity contribution is 0.0708. The average Bonchev–Trinajstić information content (AvgIpc) is 3.59. The van der Waals surface area contributed by atoms with Crippen LogP contribution in [0.25, 0.3) is 0 Å². The van der Waals surface area contributed by atoms with Crippen LogP contribution in [0.2, 0.25) is 0 Å². The first-order chi connectivity index (χ1) is 14.2. The fourth-order valence-corrected chi connectivity index (χ4v) is 3.87. The number of alkyl halides is 4. The quantitative estimate of drug-likeness (QED) is 0.594. The second-order valence-electron chi connectivity index (χ2n) is 7.90. The third kappa shape index (κ3) is 3.45. The molecular weight excluding hydrogens is 412 g/mol. The van der Waals surface area contributed by atoms with Gasteiger partial charge in [-0.1, -0.05) is 6.07 Å². The molecule has 0 N–H and O–H groups in total. The standard InChI is InChI=1S/C20H19F6N3O/c1-28-17(24)14(15(27-28)16(22)23)18(30)29(12-3-4-12)9-10-8-11(21)2-5-13(10)20(6-7-20)19(25)26/h2,5,8,12,16,19H,3-4,6-7,9H2,1H3. The van der Waals surface area contributed by atoms with Gasteiger partial charge in [0.2, 0.25) is 12.4 Å². The number of aromatic nitrogens is 2. The van der Waals surface area contributed by atoms with E-state index in [4.69, 9.17) is 0 Å². The Labute approximate surface area is 168 Å². The third-order valence-corrected chi connectivity index (χ3v) is 5.82. The van der Waals surface area contributed by atoms with Crippen molar-refractivity contribution < 1.29 is 31.1 Å². The monoisotopic (exact) mass is 431 g/mol. The first-order valence-corrected chi connectivity index (χ1v) is 9.54. The zero-order chi connectivity index (χ0) is 21.8. The number of nitrogens with zero attached hydrogens (tertiary/aromatic N) is 3. The molecular formula is C20H19F6N3O. The molecule has 1 aromatic heterocycles. The van der Waals surface area contributed by atoms with Crippen molar-refractivity contribution in [2.45, 2.75) is 56.5 Å². The summed E-state index contributed by atoms with van der Waals surface area (Å²) in [6.45, 7) is -0.276. The molecule has 0 radical (unpaired) electrons. The normalized spacial score (nSPS) is 17.6. The molecule has 0 unspecified atom stereocenters. The van der Waals surface area contributed by atoms with Crippen LogP contribution in [0.4, 0.5) is 26.3 Å². The predicted molar refractivity (Wildman–Crippen MR) is 94.3 cm³/mol. The Kier molecular flexibility index (Phi) is 5.06. The van der Waals surface area contributed by atoms with Crippen molar-refractivity contribution in [2.75, 3.05) is 0 Å². The lowest BCUT2D eigenvalue weighted by atomic mass is 9.91. The number of aryl methyl sites for hydroxylation is 1. The van der Waals surface area contributed by atoms with Gasteiger partial charge in [0.25, 0.3) is 12.3 Å². The van der Waals surface area contributed by atoms with E-state index in [0.29, 0.717) is 17.5 Å². The second-order valence-corrected chi connectivity index (χ2v) is 7.90. The van der Waals surface area contributed by atoms with Crippen molar-refractivity contribution in [3.8, 4) is 0 Å². The summed E-state index contributed by atoms with van der Waals surface area (Å²) < 4.78 is 82.8. The molecule has 0 saturated heterocycles. The van der Waals surface area contributed by atoms with Gasteiger partial charge < -0.3 is 4.90 Å². The van der Waals surface area contributed by atoms with E-state index in [1.54, 1.807) is 0 Å². The summed E-state index contributed by atoms with van der Waals surface area (Å²) in [7, 11) is 1.10. The number of halogens is 6. The molecule has 0 atom stereocenters. The summed E-state index contributed by atoms with van der Waals surface area (Å²) in [6.07, 6.45) is -4.25. The van der Waals surface area contributed by atoms with Crippen LogP contribution < -0.4 is 0 Å². The zero-order valence-electron chi connectivity index (χ0n) is 16.0. The van der Waals surface area contributed by atoms with Gasteiger partial charge in [-0.15, -0.1) is 0 Å². The number of rotatable bonds is 7. The van der Waals surface area contributed by atoms with Gasteiger partial charge in [0, 0.05) is 19.6 Å². The van der Waals surface area contributed by atoms with Gasteiger partial charge in [-0.3, -0.25) is 4.79 Å². The highest BCUT2D eigenvalue weighted by Gasteiger charge is 2.53. The van der Waals surface area contributed by atoms with Gasteiger partial charge in [-0.05, 0) is 48.9 Å². The fraction of sp³-hybridized carbons (Fsp3) is 0.500. The molecule has 4 nitrogen and oxygen atoms in total. The maximum absolute atomic E-state index is 14.4. The van der Waals surface area contributed by atoms with Crippen molar-refractivity contribution in [3.05, 3.63) is 52.3 Å². The first kappa shape index (κ1) is 20.7. The Morgan fingerprint density at radius 3 is 2.43 bits per heavy atom. The number of amides is 1. The van der Waals surface area contributed by atoms with Gasteiger partial charge in [0.1, 0.15) is 17.1 Å². The Balaban J connectivity index is 1.72. The van der Waals surface area contributed by atoms with Crippen molar-refractivity contribution in [3.63, 3.8) is 0 Å². The molecule has 2 saturated carbocycles. The second kappa shape index (κ2) is 7.31. The maximum atomic E-state index is 14.4. The van der Waals surface area contributed by atoms with Gasteiger partial charge in [0.15, 0.2) is 0 Å². The molecule has 162 valence electrons. The fourth-order valence-electron chi connectivity index (χ4n) is 3.87. The topological polar surface area (TPSA) is 38.1 Å². The van der Waals surface area contributed by atoms with Crippen LogP contribution in [-0.2, 0) is 19.0 Å². The summed E-state index contributed by atoms with van der Waals surface area (Å²) in [5.41, 5.74) is -2.80. The minimum atomic E-state index is -3.17. The molecule has 0 aliphatic heterocycles. The molecule has 2 aliphatic rings. The molecule has 10 heteroatoms. The van der Waals surface area contributed by atoms with Crippen LogP contribution in [0.15, 0.2) is 18.2 Å². The molecule has 2 fully saturated rings. The predicted octanol–water partition coefficient (Wildman–Crippen LogP) is 4.74. The molecule has 30 heavy (non-hydrogen) atoms. The van der Waals surface area contributed by atoms with E-state index in [0.717, 1.165) is 24.1 Å². The summed E-state index contributed by atoms with van der Waals surface area (Å²) in [5.74, 6) is -2.87. The van der Waals surface area contributed by atoms with Crippen molar-refractivity contribution >= 4 is 5.91 Å². The van der Waals surface area contributed by atoms with Crippen molar-refractivity contribution in [1.29, 1.82) is 0 Å². The highest BCUT2D eigenvalue weighted by atomic mass is 19.3. The van der Waals surface area contributed by atoms with Crippen LogP contribution >= 0.6 is 0 Å². The SMILES string of the molecule is Cn1nc(C(F)F)c(C(=O)N(Cc2cc(F)ccc2C2(C(F)F)CC2)C2CC2)c1F. The van der Waals surface area contributed by atoms with Gasteiger partial charge in [-0.2, -0.15) is 9.49 Å². The third-order valence-electron chi connectivity index (χ3n) is 5.82. The van der Waals surface area contributed by atoms with E-state index in [9.17, 15) is 31.1 Å². The van der Waals surface area contributed by atoms with Gasteiger partial charge >= 0.3 is 0 Å². The van der Waals surface area contributed by atoms with Crippen molar-refractivity contribution in [2.24, 2.45) is 7.05 Å². The number of hydrogen-bond donors (Lipinski definition) is 0. The highest BCUT2D eigenvalue weighted by molar-refractivity contribution is 5.96. The molecule has 1 heterocycles.